The molecule has 1 atom stereocenters. The van der Waals surface area contributed by atoms with Crippen molar-refractivity contribution in [2.45, 2.75) is 24.3 Å². The SMILES string of the molecule is CC(CC#N)N(C)S(=O)(=O)c1ccc(C(=O)O)cc1F. The van der Waals surface area contributed by atoms with Crippen LogP contribution in [0, 0.1) is 17.1 Å². The van der Waals surface area contributed by atoms with E-state index in [0.29, 0.717) is 6.07 Å². The van der Waals surface area contributed by atoms with Crippen molar-refractivity contribution in [1.82, 2.24) is 4.31 Å². The Morgan fingerprint density at radius 2 is 2.15 bits per heavy atom. The van der Waals surface area contributed by atoms with Crippen LogP contribution in [0.4, 0.5) is 4.39 Å². The maximum atomic E-state index is 13.8. The highest BCUT2D eigenvalue weighted by atomic mass is 32.2. The Labute approximate surface area is 116 Å². The van der Waals surface area contributed by atoms with Crippen molar-refractivity contribution in [3.8, 4) is 6.07 Å². The summed E-state index contributed by atoms with van der Waals surface area (Å²) in [5.74, 6) is -2.49. The van der Waals surface area contributed by atoms with Gasteiger partial charge in [-0.3, -0.25) is 0 Å². The molecule has 0 aliphatic rings. The number of carbonyl (C=O) groups is 1. The topological polar surface area (TPSA) is 98.5 Å². The lowest BCUT2D eigenvalue weighted by atomic mass is 10.2. The standard InChI is InChI=1S/C12H13FN2O4S/c1-8(5-6-14)15(2)20(18,19)11-4-3-9(12(16)17)7-10(11)13/h3-4,7-8H,5H2,1-2H3,(H,16,17). The van der Waals surface area contributed by atoms with Crippen LogP contribution in [0.1, 0.15) is 23.7 Å². The highest BCUT2D eigenvalue weighted by Gasteiger charge is 2.28. The van der Waals surface area contributed by atoms with E-state index >= 15 is 0 Å². The zero-order valence-corrected chi connectivity index (χ0v) is 11.7. The largest absolute Gasteiger partial charge is 0.478 e. The number of carboxylic acids is 1. The van der Waals surface area contributed by atoms with Gasteiger partial charge in [0.15, 0.2) is 0 Å². The first kappa shape index (κ1) is 16.1. The number of benzene rings is 1. The van der Waals surface area contributed by atoms with Crippen molar-refractivity contribution in [3.63, 3.8) is 0 Å². The molecule has 0 saturated carbocycles. The van der Waals surface area contributed by atoms with Gasteiger partial charge in [0.1, 0.15) is 10.7 Å². The highest BCUT2D eigenvalue weighted by Crippen LogP contribution is 2.21. The molecule has 0 saturated heterocycles. The summed E-state index contributed by atoms with van der Waals surface area (Å²) in [5, 5.41) is 17.3. The Morgan fingerprint density at radius 3 is 2.60 bits per heavy atom. The van der Waals surface area contributed by atoms with Crippen LogP contribution in [0.15, 0.2) is 23.1 Å². The maximum Gasteiger partial charge on any atom is 0.335 e. The monoisotopic (exact) mass is 300 g/mol. The van der Waals surface area contributed by atoms with Gasteiger partial charge >= 0.3 is 5.97 Å². The molecule has 1 aromatic rings. The van der Waals surface area contributed by atoms with Crippen molar-refractivity contribution >= 4 is 16.0 Å². The first-order valence-corrected chi connectivity index (χ1v) is 7.03. The number of aromatic carboxylic acids is 1. The second-order valence-electron chi connectivity index (χ2n) is 4.18. The molecular weight excluding hydrogens is 287 g/mol. The second-order valence-corrected chi connectivity index (χ2v) is 6.15. The third-order valence-electron chi connectivity index (χ3n) is 2.84. The van der Waals surface area contributed by atoms with Gasteiger partial charge in [0.05, 0.1) is 18.1 Å². The first-order valence-electron chi connectivity index (χ1n) is 5.59. The third kappa shape index (κ3) is 3.12. The molecule has 1 unspecified atom stereocenters. The van der Waals surface area contributed by atoms with Gasteiger partial charge < -0.3 is 5.11 Å². The quantitative estimate of drug-likeness (QED) is 0.887. The molecule has 0 radical (unpaired) electrons. The number of nitrogens with zero attached hydrogens (tertiary/aromatic N) is 2. The smallest absolute Gasteiger partial charge is 0.335 e. The summed E-state index contributed by atoms with van der Waals surface area (Å²) in [4.78, 5) is 10.1. The summed E-state index contributed by atoms with van der Waals surface area (Å²) >= 11 is 0. The first-order chi connectivity index (χ1) is 9.21. The second kappa shape index (κ2) is 5.98. The van der Waals surface area contributed by atoms with E-state index in [1.54, 1.807) is 0 Å². The van der Waals surface area contributed by atoms with Crippen molar-refractivity contribution in [2.75, 3.05) is 7.05 Å². The summed E-state index contributed by atoms with van der Waals surface area (Å²) in [6, 6.07) is 3.78. The summed E-state index contributed by atoms with van der Waals surface area (Å²) in [6.45, 7) is 1.52. The molecule has 1 rings (SSSR count). The predicted molar refractivity (Wildman–Crippen MR) is 68.0 cm³/mol. The van der Waals surface area contributed by atoms with Crippen LogP contribution in [-0.4, -0.2) is 36.9 Å². The van der Waals surface area contributed by atoms with E-state index in [1.165, 1.54) is 14.0 Å². The number of hydrogen-bond donors (Lipinski definition) is 1. The lowest BCUT2D eigenvalue weighted by Crippen LogP contribution is -2.35. The number of hydrogen-bond acceptors (Lipinski definition) is 4. The van der Waals surface area contributed by atoms with Gasteiger partial charge in [-0.05, 0) is 25.1 Å². The molecule has 8 heteroatoms. The Morgan fingerprint density at radius 1 is 1.55 bits per heavy atom. The van der Waals surface area contributed by atoms with E-state index in [9.17, 15) is 17.6 Å². The van der Waals surface area contributed by atoms with Crippen molar-refractivity contribution < 1.29 is 22.7 Å². The van der Waals surface area contributed by atoms with Crippen LogP contribution in [0.3, 0.4) is 0 Å². The van der Waals surface area contributed by atoms with E-state index in [-0.39, 0.29) is 12.0 Å². The van der Waals surface area contributed by atoms with Gasteiger partial charge in [0.25, 0.3) is 0 Å². The van der Waals surface area contributed by atoms with E-state index in [0.717, 1.165) is 16.4 Å². The average Bonchev–Trinajstić information content (AvgIpc) is 2.37. The molecule has 0 aromatic heterocycles. The van der Waals surface area contributed by atoms with Crippen LogP contribution in [0.2, 0.25) is 0 Å². The molecule has 0 aliphatic carbocycles. The summed E-state index contributed by atoms with van der Waals surface area (Å²) in [7, 11) is -2.88. The number of rotatable bonds is 5. The fourth-order valence-corrected chi connectivity index (χ4v) is 2.90. The maximum absolute atomic E-state index is 13.8. The summed E-state index contributed by atoms with van der Waals surface area (Å²) < 4.78 is 39.0. The van der Waals surface area contributed by atoms with Crippen LogP contribution in [-0.2, 0) is 10.0 Å². The zero-order valence-electron chi connectivity index (χ0n) is 10.9. The fourth-order valence-electron chi connectivity index (χ4n) is 1.50. The molecular formula is C12H13FN2O4S. The predicted octanol–water partition coefficient (Wildman–Crippen LogP) is 1.45. The highest BCUT2D eigenvalue weighted by molar-refractivity contribution is 7.89. The van der Waals surface area contributed by atoms with Crippen LogP contribution in [0.25, 0.3) is 0 Å². The lowest BCUT2D eigenvalue weighted by molar-refractivity contribution is 0.0696. The van der Waals surface area contributed by atoms with Crippen LogP contribution < -0.4 is 0 Å². The third-order valence-corrected chi connectivity index (χ3v) is 4.85. The van der Waals surface area contributed by atoms with Crippen molar-refractivity contribution in [1.29, 1.82) is 5.26 Å². The molecule has 0 bridgehead atoms. The molecule has 1 aromatic carbocycles. The van der Waals surface area contributed by atoms with Crippen molar-refractivity contribution in [2.24, 2.45) is 0 Å². The molecule has 1 N–H and O–H groups in total. The normalized spacial score (nSPS) is 12.9. The fraction of sp³-hybridized carbons (Fsp3) is 0.333. The Bertz CT molecular complexity index is 667. The summed E-state index contributed by atoms with van der Waals surface area (Å²) in [5.41, 5.74) is -0.339. The number of carboxylic acid groups (broad SMARTS) is 1. The van der Waals surface area contributed by atoms with Gasteiger partial charge in [-0.1, -0.05) is 0 Å². The number of sulfonamides is 1. The molecule has 108 valence electrons. The average molecular weight is 300 g/mol. The summed E-state index contributed by atoms with van der Waals surface area (Å²) in [6.07, 6.45) is -0.0371. The lowest BCUT2D eigenvalue weighted by Gasteiger charge is -2.22. The van der Waals surface area contributed by atoms with Gasteiger partial charge in [-0.15, -0.1) is 0 Å². The molecule has 0 amide bonds. The van der Waals surface area contributed by atoms with Gasteiger partial charge in [0, 0.05) is 13.1 Å². The van der Waals surface area contributed by atoms with E-state index in [4.69, 9.17) is 10.4 Å². The van der Waals surface area contributed by atoms with E-state index in [2.05, 4.69) is 0 Å². The van der Waals surface area contributed by atoms with Crippen LogP contribution >= 0.6 is 0 Å². The Balaban J connectivity index is 3.23. The molecule has 6 nitrogen and oxygen atoms in total. The molecule has 20 heavy (non-hydrogen) atoms. The zero-order chi connectivity index (χ0) is 15.5. The van der Waals surface area contributed by atoms with Gasteiger partial charge in [0.2, 0.25) is 10.0 Å². The van der Waals surface area contributed by atoms with Gasteiger partial charge in [-0.25, -0.2) is 17.6 Å². The van der Waals surface area contributed by atoms with Crippen molar-refractivity contribution in [3.05, 3.63) is 29.6 Å². The minimum Gasteiger partial charge on any atom is -0.478 e. The molecule has 0 heterocycles. The molecule has 0 aliphatic heterocycles. The number of nitriles is 1. The van der Waals surface area contributed by atoms with E-state index < -0.39 is 32.7 Å². The minimum absolute atomic E-state index is 0.0371. The Hall–Kier alpha value is -1.98. The molecule has 0 fully saturated rings. The minimum atomic E-state index is -4.12. The van der Waals surface area contributed by atoms with Gasteiger partial charge in [-0.2, -0.15) is 9.57 Å². The van der Waals surface area contributed by atoms with E-state index in [1.807, 2.05) is 6.07 Å². The Kier molecular flexibility index (Phi) is 4.81. The van der Waals surface area contributed by atoms with Crippen LogP contribution in [0.5, 0.6) is 0 Å². The number of halogens is 1. The molecule has 0 spiro atoms.